The summed E-state index contributed by atoms with van der Waals surface area (Å²) in [5.41, 5.74) is 18.3. The zero-order valence-electron chi connectivity index (χ0n) is 40.4. The maximum Gasteiger partial charge on any atom is 0.0541 e. The third kappa shape index (κ3) is 10.0. The van der Waals surface area contributed by atoms with Gasteiger partial charge in [-0.3, -0.25) is 0 Å². The van der Waals surface area contributed by atoms with Gasteiger partial charge >= 0.3 is 0 Å². The molecule has 0 aliphatic carbocycles. The number of hydrogen-bond donors (Lipinski definition) is 0. The van der Waals surface area contributed by atoms with E-state index >= 15 is 0 Å². The van der Waals surface area contributed by atoms with Crippen LogP contribution >= 0.6 is 11.3 Å². The molecule has 9 aromatic carbocycles. The minimum absolute atomic E-state index is 0.961. The molecule has 73 heavy (non-hydrogen) atoms. The summed E-state index contributed by atoms with van der Waals surface area (Å²) in [6.07, 6.45) is 18.0. The lowest BCUT2D eigenvalue weighted by atomic mass is 9.98. The van der Waals surface area contributed by atoms with Crippen molar-refractivity contribution >= 4 is 56.7 Å². The van der Waals surface area contributed by atoms with E-state index in [4.69, 9.17) is 0 Å². The summed E-state index contributed by atoms with van der Waals surface area (Å²) in [7, 11) is 0. The first-order chi connectivity index (χ1) is 36.1. The van der Waals surface area contributed by atoms with Gasteiger partial charge in [0.15, 0.2) is 0 Å². The standard InChI is InChI=1S/C70H52N2S/c1-3-5-6-10-20-52-27-41-63(42-28-52)71(61(4-2)26-17-21-51-18-11-7-12-19-51)64-43-37-54(38-44-64)53-29-31-55(32-30-53)59-39-45-67-65(49-59)66-50-60(40-46-68(66)72(67)62-24-15-9-16-25-62)56-33-35-58(36-34-56)70-48-47-69(73-70)57-22-13-8-14-23-57/h3-50H,1-2H2. The van der Waals surface area contributed by atoms with Crippen LogP contribution in [0.2, 0.25) is 0 Å². The highest BCUT2D eigenvalue weighted by molar-refractivity contribution is 7.18. The molecule has 0 atom stereocenters. The fourth-order valence-electron chi connectivity index (χ4n) is 9.52. The molecule has 0 N–H and O–H groups in total. The van der Waals surface area contributed by atoms with Crippen LogP contribution in [0.4, 0.5) is 11.4 Å². The summed E-state index contributed by atoms with van der Waals surface area (Å²) >= 11 is 1.83. The minimum atomic E-state index is 0.961. The van der Waals surface area contributed by atoms with Gasteiger partial charge in [-0.05, 0) is 141 Å². The monoisotopic (exact) mass is 952 g/mol. The van der Waals surface area contributed by atoms with Crippen molar-refractivity contribution in [3.05, 3.63) is 309 Å². The molecule has 0 fully saturated rings. The Balaban J connectivity index is 0.886. The van der Waals surface area contributed by atoms with Crippen LogP contribution in [0.25, 0.3) is 93.9 Å². The molecular formula is C70H52N2S. The van der Waals surface area contributed by atoms with Gasteiger partial charge in [-0.1, -0.05) is 219 Å². The van der Waals surface area contributed by atoms with Crippen LogP contribution in [0.15, 0.2) is 298 Å². The van der Waals surface area contributed by atoms with Gasteiger partial charge in [-0.15, -0.1) is 11.3 Å². The number of allylic oxidation sites excluding steroid dienone is 7. The highest BCUT2D eigenvalue weighted by Crippen LogP contribution is 2.40. The molecule has 0 bridgehead atoms. The van der Waals surface area contributed by atoms with Crippen molar-refractivity contribution < 1.29 is 0 Å². The molecule has 0 aliphatic heterocycles. The van der Waals surface area contributed by atoms with Crippen LogP contribution < -0.4 is 4.90 Å². The second kappa shape index (κ2) is 21.4. The summed E-state index contributed by atoms with van der Waals surface area (Å²) < 4.78 is 2.39. The normalized spacial score (nSPS) is 11.9. The van der Waals surface area contributed by atoms with Crippen molar-refractivity contribution in [2.24, 2.45) is 0 Å². The van der Waals surface area contributed by atoms with E-state index in [-0.39, 0.29) is 0 Å². The van der Waals surface area contributed by atoms with Crippen molar-refractivity contribution in [2.45, 2.75) is 0 Å². The van der Waals surface area contributed by atoms with Crippen molar-refractivity contribution in [3.63, 3.8) is 0 Å². The van der Waals surface area contributed by atoms with E-state index in [0.717, 1.165) is 45.0 Å². The number of hydrogen-bond acceptors (Lipinski definition) is 2. The zero-order valence-corrected chi connectivity index (χ0v) is 41.2. The fraction of sp³-hybridized carbons (Fsp3) is 0. The van der Waals surface area contributed by atoms with Gasteiger partial charge in [0.25, 0.3) is 0 Å². The molecule has 2 heterocycles. The van der Waals surface area contributed by atoms with Gasteiger partial charge in [0.1, 0.15) is 0 Å². The molecule has 0 saturated heterocycles. The number of para-hydroxylation sites is 1. The second-order valence-corrected chi connectivity index (χ2v) is 18.9. The lowest BCUT2D eigenvalue weighted by Crippen LogP contribution is -2.14. The molecule has 0 radical (unpaired) electrons. The Hall–Kier alpha value is -9.28. The number of benzene rings is 9. The van der Waals surface area contributed by atoms with E-state index in [0.29, 0.717) is 0 Å². The molecule has 0 amide bonds. The highest BCUT2D eigenvalue weighted by Gasteiger charge is 2.17. The molecule has 2 nitrogen and oxygen atoms in total. The number of aromatic nitrogens is 1. The topological polar surface area (TPSA) is 8.17 Å². The SMILES string of the molecule is C=CC=CC=Cc1ccc(N(C(C=C)=CC=Cc2ccccc2)c2ccc(-c3ccc(-c4ccc5c(c4)c4cc(-c6ccc(-c7ccc(-c8ccccc8)s7)cc6)ccc4n5-c4ccccc4)cc3)cc2)cc1. The van der Waals surface area contributed by atoms with Crippen molar-refractivity contribution in [3.8, 4) is 59.9 Å². The van der Waals surface area contributed by atoms with Gasteiger partial charge < -0.3 is 9.47 Å². The maximum atomic E-state index is 4.24. The number of fused-ring (bicyclic) bond motifs is 3. The van der Waals surface area contributed by atoms with Crippen molar-refractivity contribution in [1.82, 2.24) is 4.57 Å². The third-order valence-corrected chi connectivity index (χ3v) is 14.4. The number of thiophene rings is 1. The van der Waals surface area contributed by atoms with Crippen molar-refractivity contribution in [2.75, 3.05) is 4.90 Å². The quantitative estimate of drug-likeness (QED) is 0.0930. The average Bonchev–Trinajstić information content (AvgIpc) is 4.09. The van der Waals surface area contributed by atoms with Crippen LogP contribution in [0.3, 0.4) is 0 Å². The van der Waals surface area contributed by atoms with E-state index in [1.165, 1.54) is 64.9 Å². The lowest BCUT2D eigenvalue weighted by Gasteiger charge is -2.26. The lowest BCUT2D eigenvalue weighted by molar-refractivity contribution is 1.18. The van der Waals surface area contributed by atoms with Crippen LogP contribution in [-0.4, -0.2) is 4.57 Å². The Bertz CT molecular complexity index is 3810. The van der Waals surface area contributed by atoms with Gasteiger partial charge in [0.05, 0.1) is 11.0 Å². The Morgan fingerprint density at radius 2 is 0.822 bits per heavy atom. The Morgan fingerprint density at radius 3 is 1.37 bits per heavy atom. The Morgan fingerprint density at radius 1 is 0.384 bits per heavy atom. The molecule has 0 spiro atoms. The minimum Gasteiger partial charge on any atom is -0.311 e. The first-order valence-electron chi connectivity index (χ1n) is 24.6. The predicted molar refractivity (Wildman–Crippen MR) is 317 cm³/mol. The molecule has 0 aliphatic rings. The molecule has 11 aromatic rings. The summed E-state index contributed by atoms with van der Waals surface area (Å²) in [5.74, 6) is 0. The van der Waals surface area contributed by atoms with E-state index < -0.39 is 0 Å². The first-order valence-corrected chi connectivity index (χ1v) is 25.4. The molecule has 0 saturated carbocycles. The van der Waals surface area contributed by atoms with Crippen molar-refractivity contribution in [1.29, 1.82) is 0 Å². The van der Waals surface area contributed by atoms with E-state index in [1.807, 2.05) is 41.7 Å². The predicted octanol–water partition coefficient (Wildman–Crippen LogP) is 19.9. The molecular weight excluding hydrogens is 901 g/mol. The van der Waals surface area contributed by atoms with Gasteiger partial charge in [0.2, 0.25) is 0 Å². The largest absolute Gasteiger partial charge is 0.311 e. The Labute approximate surface area is 432 Å². The fourth-order valence-corrected chi connectivity index (χ4v) is 10.5. The summed E-state index contributed by atoms with van der Waals surface area (Å²) in [6.45, 7) is 8.01. The van der Waals surface area contributed by atoms with Crippen LogP contribution in [0.5, 0.6) is 0 Å². The zero-order chi connectivity index (χ0) is 49.3. The Kier molecular flexibility index (Phi) is 13.5. The van der Waals surface area contributed by atoms with Crippen LogP contribution in [0.1, 0.15) is 11.1 Å². The van der Waals surface area contributed by atoms with E-state index in [9.17, 15) is 0 Å². The molecule has 11 rings (SSSR count). The van der Waals surface area contributed by atoms with E-state index in [2.05, 4.69) is 277 Å². The first kappa shape index (κ1) is 46.1. The molecule has 0 unspecified atom stereocenters. The summed E-state index contributed by atoms with van der Waals surface area (Å²) in [6, 6.07) is 85.3. The van der Waals surface area contributed by atoms with E-state index in [1.54, 1.807) is 6.08 Å². The number of anilines is 2. The summed E-state index contributed by atoms with van der Waals surface area (Å²) in [5, 5.41) is 2.45. The number of rotatable bonds is 15. The average molecular weight is 953 g/mol. The van der Waals surface area contributed by atoms with Crippen LogP contribution in [0, 0.1) is 0 Å². The summed E-state index contributed by atoms with van der Waals surface area (Å²) in [4.78, 5) is 4.80. The molecule has 348 valence electrons. The highest BCUT2D eigenvalue weighted by atomic mass is 32.1. The molecule has 2 aromatic heterocycles. The third-order valence-electron chi connectivity index (χ3n) is 13.2. The van der Waals surface area contributed by atoms with Crippen LogP contribution in [-0.2, 0) is 0 Å². The smallest absolute Gasteiger partial charge is 0.0541 e. The molecule has 3 heteroatoms. The second-order valence-electron chi connectivity index (χ2n) is 17.8. The maximum absolute atomic E-state index is 4.24. The van der Waals surface area contributed by atoms with Gasteiger partial charge in [0, 0.05) is 43.3 Å². The van der Waals surface area contributed by atoms with Gasteiger partial charge in [-0.2, -0.15) is 0 Å². The number of nitrogens with zero attached hydrogens (tertiary/aromatic N) is 2. The van der Waals surface area contributed by atoms with Gasteiger partial charge in [-0.25, -0.2) is 0 Å².